The number of anilines is 2. The number of para-hydroxylation sites is 2. The minimum Gasteiger partial charge on any atom is -0.381 e. The molecule has 2 heterocycles. The Morgan fingerprint density at radius 1 is 1.15 bits per heavy atom. The molecule has 2 aliphatic heterocycles. The molecule has 0 aromatic heterocycles. The lowest BCUT2D eigenvalue weighted by Crippen LogP contribution is -2.49. The van der Waals surface area contributed by atoms with Gasteiger partial charge in [-0.05, 0) is 12.1 Å². The van der Waals surface area contributed by atoms with Gasteiger partial charge in [0.1, 0.15) is 6.04 Å². The molecule has 2 amide bonds. The molecule has 0 radical (unpaired) electrons. The largest absolute Gasteiger partial charge is 0.381 e. The second kappa shape index (κ2) is 5.40. The number of benzene rings is 1. The summed E-state index contributed by atoms with van der Waals surface area (Å²) in [4.78, 5) is 25.6. The molecule has 0 aliphatic carbocycles. The van der Waals surface area contributed by atoms with Crippen molar-refractivity contribution in [1.82, 2.24) is 10.2 Å². The van der Waals surface area contributed by atoms with Crippen molar-refractivity contribution in [3.05, 3.63) is 24.3 Å². The summed E-state index contributed by atoms with van der Waals surface area (Å²) in [5.41, 5.74) is 1.96. The normalized spacial score (nSPS) is 21.9. The van der Waals surface area contributed by atoms with Gasteiger partial charge in [0.05, 0.1) is 11.4 Å². The zero-order chi connectivity index (χ0) is 13.9. The fourth-order valence-corrected chi connectivity index (χ4v) is 2.57. The number of amides is 2. The van der Waals surface area contributed by atoms with Crippen molar-refractivity contribution in [2.24, 2.45) is 0 Å². The van der Waals surface area contributed by atoms with E-state index in [2.05, 4.69) is 16.0 Å². The Morgan fingerprint density at radius 3 is 2.80 bits per heavy atom. The van der Waals surface area contributed by atoms with Crippen molar-refractivity contribution in [3.63, 3.8) is 0 Å². The molecule has 106 valence electrons. The fourth-order valence-electron chi connectivity index (χ4n) is 2.57. The first kappa shape index (κ1) is 12.8. The number of rotatable bonds is 1. The molecule has 6 heteroatoms. The molecule has 1 saturated heterocycles. The number of hydrogen-bond donors (Lipinski definition) is 3. The SMILES string of the molecule is O=C1CCN(C(=O)C2CNc3ccccc3N2)CCN1. The Bertz CT molecular complexity index is 532. The van der Waals surface area contributed by atoms with Crippen LogP contribution in [-0.4, -0.2) is 48.9 Å². The summed E-state index contributed by atoms with van der Waals surface area (Å²) in [5, 5.41) is 9.31. The van der Waals surface area contributed by atoms with Crippen molar-refractivity contribution < 1.29 is 9.59 Å². The number of carbonyl (C=O) groups is 2. The van der Waals surface area contributed by atoms with Gasteiger partial charge < -0.3 is 20.9 Å². The third-order valence-electron chi connectivity index (χ3n) is 3.68. The average molecular weight is 274 g/mol. The maximum absolute atomic E-state index is 12.5. The van der Waals surface area contributed by atoms with Gasteiger partial charge in [-0.3, -0.25) is 9.59 Å². The monoisotopic (exact) mass is 274 g/mol. The van der Waals surface area contributed by atoms with Crippen LogP contribution in [0.15, 0.2) is 24.3 Å². The summed E-state index contributed by atoms with van der Waals surface area (Å²) < 4.78 is 0. The predicted octanol–water partition coefficient (Wildman–Crippen LogP) is 0.241. The molecule has 3 N–H and O–H groups in total. The minimum absolute atomic E-state index is 0.0142. The van der Waals surface area contributed by atoms with E-state index in [4.69, 9.17) is 0 Å². The van der Waals surface area contributed by atoms with E-state index in [-0.39, 0.29) is 17.9 Å². The lowest BCUT2D eigenvalue weighted by atomic mass is 10.1. The molecule has 0 spiro atoms. The summed E-state index contributed by atoms with van der Waals surface area (Å²) in [6, 6.07) is 7.56. The van der Waals surface area contributed by atoms with Crippen LogP contribution in [0.2, 0.25) is 0 Å². The Hall–Kier alpha value is -2.24. The number of nitrogens with zero attached hydrogens (tertiary/aromatic N) is 1. The van der Waals surface area contributed by atoms with E-state index in [1.165, 1.54) is 0 Å². The highest BCUT2D eigenvalue weighted by Crippen LogP contribution is 2.25. The van der Waals surface area contributed by atoms with E-state index < -0.39 is 0 Å². The van der Waals surface area contributed by atoms with E-state index in [0.29, 0.717) is 32.6 Å². The van der Waals surface area contributed by atoms with E-state index in [9.17, 15) is 9.59 Å². The zero-order valence-corrected chi connectivity index (χ0v) is 11.2. The molecule has 1 unspecified atom stereocenters. The van der Waals surface area contributed by atoms with Gasteiger partial charge in [0.2, 0.25) is 11.8 Å². The van der Waals surface area contributed by atoms with Crippen LogP contribution in [-0.2, 0) is 9.59 Å². The molecular formula is C14H18N4O2. The minimum atomic E-state index is -0.280. The highest BCUT2D eigenvalue weighted by Gasteiger charge is 2.28. The second-order valence-electron chi connectivity index (χ2n) is 5.05. The maximum atomic E-state index is 12.5. The summed E-state index contributed by atoms with van der Waals surface area (Å²) in [5.74, 6) is 0.0591. The Morgan fingerprint density at radius 2 is 1.95 bits per heavy atom. The molecule has 0 saturated carbocycles. The van der Waals surface area contributed by atoms with Gasteiger partial charge in [0.15, 0.2) is 0 Å². The van der Waals surface area contributed by atoms with Gasteiger partial charge in [-0.15, -0.1) is 0 Å². The lowest BCUT2D eigenvalue weighted by molar-refractivity contribution is -0.131. The van der Waals surface area contributed by atoms with Crippen LogP contribution < -0.4 is 16.0 Å². The van der Waals surface area contributed by atoms with Crippen molar-refractivity contribution >= 4 is 23.2 Å². The number of nitrogens with one attached hydrogen (secondary N) is 3. The second-order valence-corrected chi connectivity index (χ2v) is 5.05. The molecule has 1 aromatic carbocycles. The number of fused-ring (bicyclic) bond motifs is 1. The highest BCUT2D eigenvalue weighted by molar-refractivity contribution is 5.89. The number of carbonyl (C=O) groups excluding carboxylic acids is 2. The molecule has 1 aromatic rings. The number of hydrogen-bond acceptors (Lipinski definition) is 4. The van der Waals surface area contributed by atoms with Gasteiger partial charge in [-0.1, -0.05) is 12.1 Å². The van der Waals surface area contributed by atoms with Crippen LogP contribution in [0.4, 0.5) is 11.4 Å². The topological polar surface area (TPSA) is 73.5 Å². The standard InChI is InChI=1S/C14H18N4O2/c19-13-5-7-18(8-6-15-13)14(20)12-9-16-10-3-1-2-4-11(10)17-12/h1-4,12,16-17H,5-9H2,(H,15,19). The summed E-state index contributed by atoms with van der Waals surface area (Å²) >= 11 is 0. The smallest absolute Gasteiger partial charge is 0.246 e. The van der Waals surface area contributed by atoms with Crippen LogP contribution in [0.1, 0.15) is 6.42 Å². The molecule has 6 nitrogen and oxygen atoms in total. The first-order valence-corrected chi connectivity index (χ1v) is 6.89. The summed E-state index contributed by atoms with van der Waals surface area (Å²) in [7, 11) is 0. The summed E-state index contributed by atoms with van der Waals surface area (Å²) in [6.45, 7) is 2.16. The molecule has 2 aliphatic rings. The van der Waals surface area contributed by atoms with E-state index in [1.54, 1.807) is 4.90 Å². The molecule has 3 rings (SSSR count). The molecular weight excluding hydrogens is 256 g/mol. The van der Waals surface area contributed by atoms with E-state index in [0.717, 1.165) is 11.4 Å². The Labute approximate surface area is 117 Å². The van der Waals surface area contributed by atoms with E-state index in [1.807, 2.05) is 24.3 Å². The van der Waals surface area contributed by atoms with Gasteiger partial charge in [-0.2, -0.15) is 0 Å². The van der Waals surface area contributed by atoms with Gasteiger partial charge >= 0.3 is 0 Å². The van der Waals surface area contributed by atoms with Crippen molar-refractivity contribution in [2.45, 2.75) is 12.5 Å². The van der Waals surface area contributed by atoms with Crippen LogP contribution in [0.25, 0.3) is 0 Å². The quantitative estimate of drug-likeness (QED) is 0.686. The van der Waals surface area contributed by atoms with Crippen LogP contribution in [0.5, 0.6) is 0 Å². The third-order valence-corrected chi connectivity index (χ3v) is 3.68. The van der Waals surface area contributed by atoms with Crippen molar-refractivity contribution in [2.75, 3.05) is 36.8 Å². The van der Waals surface area contributed by atoms with Crippen LogP contribution in [0.3, 0.4) is 0 Å². The van der Waals surface area contributed by atoms with Crippen molar-refractivity contribution in [3.8, 4) is 0 Å². The average Bonchev–Trinajstić information content (AvgIpc) is 2.71. The highest BCUT2D eigenvalue weighted by atomic mass is 16.2. The predicted molar refractivity (Wildman–Crippen MR) is 76.5 cm³/mol. The maximum Gasteiger partial charge on any atom is 0.246 e. The van der Waals surface area contributed by atoms with Crippen LogP contribution >= 0.6 is 0 Å². The zero-order valence-electron chi connectivity index (χ0n) is 11.2. The Balaban J connectivity index is 1.68. The Kier molecular flexibility index (Phi) is 3.45. The van der Waals surface area contributed by atoms with Gasteiger partial charge in [0, 0.05) is 32.6 Å². The van der Waals surface area contributed by atoms with Gasteiger partial charge in [-0.25, -0.2) is 0 Å². The molecule has 20 heavy (non-hydrogen) atoms. The molecule has 0 bridgehead atoms. The molecule has 1 fully saturated rings. The fraction of sp³-hybridized carbons (Fsp3) is 0.429. The summed E-state index contributed by atoms with van der Waals surface area (Å²) in [6.07, 6.45) is 0.377. The van der Waals surface area contributed by atoms with Crippen molar-refractivity contribution in [1.29, 1.82) is 0 Å². The molecule has 1 atom stereocenters. The van der Waals surface area contributed by atoms with E-state index >= 15 is 0 Å². The lowest BCUT2D eigenvalue weighted by Gasteiger charge is -2.31. The first-order chi connectivity index (χ1) is 9.74. The van der Waals surface area contributed by atoms with Gasteiger partial charge in [0.25, 0.3) is 0 Å². The van der Waals surface area contributed by atoms with Crippen LogP contribution in [0, 0.1) is 0 Å². The third kappa shape index (κ3) is 2.54. The first-order valence-electron chi connectivity index (χ1n) is 6.89.